The van der Waals surface area contributed by atoms with E-state index in [0.717, 1.165) is 13.0 Å². The quantitative estimate of drug-likeness (QED) is 0.433. The third-order valence-electron chi connectivity index (χ3n) is 2.70. The van der Waals surface area contributed by atoms with Gasteiger partial charge in [0.25, 0.3) is 0 Å². The first-order chi connectivity index (χ1) is 5.79. The van der Waals surface area contributed by atoms with Crippen molar-refractivity contribution in [3.63, 3.8) is 0 Å². The van der Waals surface area contributed by atoms with E-state index in [1.165, 1.54) is 7.11 Å². The van der Waals surface area contributed by atoms with Gasteiger partial charge in [-0.3, -0.25) is 10.1 Å². The molecule has 2 unspecified atom stereocenters. The lowest BCUT2D eigenvalue weighted by atomic mass is 9.83. The molecule has 0 aromatic rings. The number of hydrogen-bond donors (Lipinski definition) is 1. The highest BCUT2D eigenvalue weighted by molar-refractivity contribution is 5.79. The lowest BCUT2D eigenvalue weighted by molar-refractivity contribution is -0.152. The van der Waals surface area contributed by atoms with Gasteiger partial charge in [0, 0.05) is 6.54 Å². The molecule has 2 atom stereocenters. The van der Waals surface area contributed by atoms with Gasteiger partial charge in [0.15, 0.2) is 5.41 Å². The van der Waals surface area contributed by atoms with Crippen molar-refractivity contribution in [2.75, 3.05) is 20.3 Å². The highest BCUT2D eigenvalue weighted by Gasteiger charge is 2.60. The van der Waals surface area contributed by atoms with Crippen molar-refractivity contribution in [1.82, 2.24) is 5.32 Å². The van der Waals surface area contributed by atoms with E-state index in [-0.39, 0.29) is 12.0 Å². The SMILES string of the molecule is COC(=O)C12CCNC1[CH+]OC2. The van der Waals surface area contributed by atoms with Crippen molar-refractivity contribution in [3.05, 3.63) is 6.61 Å². The van der Waals surface area contributed by atoms with E-state index in [2.05, 4.69) is 5.32 Å². The van der Waals surface area contributed by atoms with E-state index < -0.39 is 5.41 Å². The molecular formula is C8H12NO3+. The zero-order valence-corrected chi connectivity index (χ0v) is 7.00. The van der Waals surface area contributed by atoms with Gasteiger partial charge in [-0.05, 0) is 6.42 Å². The van der Waals surface area contributed by atoms with Crippen molar-refractivity contribution in [2.24, 2.45) is 5.41 Å². The molecule has 2 aliphatic heterocycles. The minimum Gasteiger partial charge on any atom is -0.468 e. The van der Waals surface area contributed by atoms with Gasteiger partial charge in [-0.15, -0.1) is 0 Å². The van der Waals surface area contributed by atoms with Crippen LogP contribution in [0.3, 0.4) is 0 Å². The summed E-state index contributed by atoms with van der Waals surface area (Å²) in [5.74, 6) is -0.161. The maximum absolute atomic E-state index is 11.5. The van der Waals surface area contributed by atoms with Crippen LogP contribution in [0.15, 0.2) is 0 Å². The molecule has 2 rings (SSSR count). The van der Waals surface area contributed by atoms with Crippen molar-refractivity contribution in [2.45, 2.75) is 12.5 Å². The van der Waals surface area contributed by atoms with Gasteiger partial charge in [-0.1, -0.05) is 0 Å². The molecule has 0 radical (unpaired) electrons. The average Bonchev–Trinajstić information content (AvgIpc) is 2.60. The van der Waals surface area contributed by atoms with Crippen LogP contribution in [0.5, 0.6) is 0 Å². The molecule has 0 aromatic heterocycles. The maximum Gasteiger partial charge on any atom is 0.320 e. The molecular weight excluding hydrogens is 158 g/mol. The molecule has 12 heavy (non-hydrogen) atoms. The second-order valence-corrected chi connectivity index (χ2v) is 3.28. The summed E-state index contributed by atoms with van der Waals surface area (Å²) in [7, 11) is 1.42. The van der Waals surface area contributed by atoms with Crippen LogP contribution >= 0.6 is 0 Å². The van der Waals surface area contributed by atoms with E-state index in [4.69, 9.17) is 9.47 Å². The Labute approximate surface area is 71.2 Å². The van der Waals surface area contributed by atoms with Crippen LogP contribution in [0, 0.1) is 12.0 Å². The average molecular weight is 170 g/mol. The Morgan fingerprint density at radius 1 is 1.83 bits per heavy atom. The topological polar surface area (TPSA) is 47.6 Å². The third-order valence-corrected chi connectivity index (χ3v) is 2.70. The van der Waals surface area contributed by atoms with E-state index in [0.29, 0.717) is 6.61 Å². The fourth-order valence-corrected chi connectivity index (χ4v) is 1.93. The first-order valence-corrected chi connectivity index (χ1v) is 4.06. The normalized spacial score (nSPS) is 38.9. The minimum absolute atomic E-state index is 0.0462. The molecule has 66 valence electrons. The van der Waals surface area contributed by atoms with E-state index in [9.17, 15) is 4.79 Å². The number of carbonyl (C=O) groups excluding carboxylic acids is 1. The van der Waals surface area contributed by atoms with Crippen molar-refractivity contribution >= 4 is 5.97 Å². The Kier molecular flexibility index (Phi) is 1.73. The second kappa shape index (κ2) is 2.64. The Hall–Kier alpha value is -0.740. The number of hydrogen-bond acceptors (Lipinski definition) is 4. The molecule has 0 saturated carbocycles. The number of rotatable bonds is 1. The molecule has 2 aliphatic rings. The molecule has 0 aromatic carbocycles. The zero-order valence-electron chi connectivity index (χ0n) is 7.00. The smallest absolute Gasteiger partial charge is 0.320 e. The van der Waals surface area contributed by atoms with Crippen molar-refractivity contribution in [3.8, 4) is 0 Å². The summed E-state index contributed by atoms with van der Waals surface area (Å²) >= 11 is 0. The predicted molar refractivity (Wildman–Crippen MR) is 41.1 cm³/mol. The summed E-state index contributed by atoms with van der Waals surface area (Å²) in [5.41, 5.74) is -0.436. The molecule has 2 saturated heterocycles. The summed E-state index contributed by atoms with van der Waals surface area (Å²) in [6.07, 6.45) is 0.806. The zero-order chi connectivity index (χ0) is 8.60. The predicted octanol–water partition coefficient (Wildman–Crippen LogP) is -0.300. The van der Waals surface area contributed by atoms with E-state index >= 15 is 0 Å². The van der Waals surface area contributed by atoms with Gasteiger partial charge in [0.1, 0.15) is 6.61 Å². The molecule has 0 bridgehead atoms. The Morgan fingerprint density at radius 2 is 2.67 bits per heavy atom. The van der Waals surface area contributed by atoms with Crippen LogP contribution < -0.4 is 5.32 Å². The molecule has 0 spiro atoms. The van der Waals surface area contributed by atoms with E-state index in [1.807, 2.05) is 0 Å². The number of fused-ring (bicyclic) bond motifs is 1. The third kappa shape index (κ3) is 0.850. The molecule has 4 nitrogen and oxygen atoms in total. The van der Waals surface area contributed by atoms with Crippen LogP contribution in [-0.4, -0.2) is 32.3 Å². The van der Waals surface area contributed by atoms with Gasteiger partial charge in [0.05, 0.1) is 7.11 Å². The van der Waals surface area contributed by atoms with Gasteiger partial charge in [-0.25, -0.2) is 0 Å². The fraction of sp³-hybridized carbons (Fsp3) is 0.750. The van der Waals surface area contributed by atoms with Crippen LogP contribution in [0.25, 0.3) is 0 Å². The number of ether oxygens (including phenoxy) is 2. The minimum atomic E-state index is -0.436. The van der Waals surface area contributed by atoms with Crippen LogP contribution in [0.4, 0.5) is 0 Å². The monoisotopic (exact) mass is 170 g/mol. The Balaban J connectivity index is 2.21. The van der Waals surface area contributed by atoms with Gasteiger partial charge in [0.2, 0.25) is 12.6 Å². The van der Waals surface area contributed by atoms with Gasteiger partial charge >= 0.3 is 5.97 Å². The van der Waals surface area contributed by atoms with Crippen molar-refractivity contribution < 1.29 is 14.3 Å². The summed E-state index contributed by atoms with van der Waals surface area (Å²) < 4.78 is 9.91. The summed E-state index contributed by atoms with van der Waals surface area (Å²) in [6.45, 7) is 3.01. The van der Waals surface area contributed by atoms with Crippen LogP contribution in [0.2, 0.25) is 0 Å². The fourth-order valence-electron chi connectivity index (χ4n) is 1.93. The summed E-state index contributed by atoms with van der Waals surface area (Å²) in [5, 5.41) is 3.19. The first-order valence-electron chi connectivity index (χ1n) is 4.06. The van der Waals surface area contributed by atoms with Crippen molar-refractivity contribution in [1.29, 1.82) is 0 Å². The van der Waals surface area contributed by atoms with Gasteiger partial charge < -0.3 is 4.74 Å². The first kappa shape index (κ1) is 7.89. The highest BCUT2D eigenvalue weighted by atomic mass is 16.5. The Morgan fingerprint density at radius 3 is 3.42 bits per heavy atom. The largest absolute Gasteiger partial charge is 0.468 e. The van der Waals surface area contributed by atoms with Gasteiger partial charge in [-0.2, -0.15) is 4.74 Å². The van der Waals surface area contributed by atoms with Crippen LogP contribution in [-0.2, 0) is 14.3 Å². The Bertz CT molecular complexity index is 194. The number of methoxy groups -OCH3 is 1. The molecule has 4 heteroatoms. The number of nitrogens with one attached hydrogen (secondary N) is 1. The standard InChI is InChI=1S/C8H12NO3/c1-11-7(10)8-2-3-9-6(8)4-12-5-8/h4,6,9H,2-3,5H2,1H3/q+1. The number of carbonyl (C=O) groups is 1. The lowest BCUT2D eigenvalue weighted by Gasteiger charge is -2.17. The number of esters is 1. The molecule has 2 fully saturated rings. The molecule has 1 N–H and O–H groups in total. The van der Waals surface area contributed by atoms with E-state index in [1.54, 1.807) is 6.61 Å². The molecule has 0 aliphatic carbocycles. The maximum atomic E-state index is 11.5. The summed E-state index contributed by atoms with van der Waals surface area (Å²) in [4.78, 5) is 11.5. The molecule has 0 amide bonds. The highest BCUT2D eigenvalue weighted by Crippen LogP contribution is 2.39. The summed E-state index contributed by atoms with van der Waals surface area (Å²) in [6, 6.07) is 0.0462. The van der Waals surface area contributed by atoms with Crippen LogP contribution in [0.1, 0.15) is 6.42 Å². The molecule has 2 heterocycles. The lowest BCUT2D eigenvalue weighted by Crippen LogP contribution is -2.41. The second-order valence-electron chi connectivity index (χ2n) is 3.28.